The molecule has 3 heteroatoms. The molecule has 3 rings (SSSR count). The lowest BCUT2D eigenvalue weighted by atomic mass is 9.79. The van der Waals surface area contributed by atoms with Gasteiger partial charge in [-0.05, 0) is 62.7 Å². The van der Waals surface area contributed by atoms with E-state index in [1.165, 1.54) is 6.42 Å². The van der Waals surface area contributed by atoms with Gasteiger partial charge in [0, 0.05) is 12.5 Å². The van der Waals surface area contributed by atoms with Crippen LogP contribution in [0.2, 0.25) is 0 Å². The Bertz CT molecular complexity index is 323. The summed E-state index contributed by atoms with van der Waals surface area (Å²) in [6.45, 7) is 2.70. The lowest BCUT2D eigenvalue weighted by Crippen LogP contribution is -2.46. The highest BCUT2D eigenvalue weighted by Gasteiger charge is 2.48. The maximum Gasteiger partial charge on any atom is 0.223 e. The Balaban J connectivity index is 1.44. The summed E-state index contributed by atoms with van der Waals surface area (Å²) < 4.78 is 0. The van der Waals surface area contributed by atoms with Crippen LogP contribution in [0.4, 0.5) is 0 Å². The van der Waals surface area contributed by atoms with Crippen molar-refractivity contribution in [2.75, 3.05) is 6.54 Å². The molecule has 3 nitrogen and oxygen atoms in total. The van der Waals surface area contributed by atoms with E-state index in [4.69, 9.17) is 0 Å². The third-order valence-corrected chi connectivity index (χ3v) is 5.41. The van der Waals surface area contributed by atoms with Crippen LogP contribution in [0, 0.1) is 23.7 Å². The second-order valence-corrected chi connectivity index (χ2v) is 7.05. The molecule has 102 valence electrons. The highest BCUT2D eigenvalue weighted by molar-refractivity contribution is 5.79. The number of carbonyl (C=O) groups is 1. The van der Waals surface area contributed by atoms with Gasteiger partial charge in [-0.3, -0.25) is 4.79 Å². The normalized spacial score (nSPS) is 46.6. The molecule has 2 unspecified atom stereocenters. The lowest BCUT2D eigenvalue weighted by molar-refractivity contribution is -0.126. The molecular formula is C15H25NO2. The molecule has 0 aliphatic heterocycles. The van der Waals surface area contributed by atoms with Gasteiger partial charge in [-0.1, -0.05) is 6.92 Å². The third kappa shape index (κ3) is 2.56. The van der Waals surface area contributed by atoms with Crippen molar-refractivity contribution >= 4 is 5.91 Å². The summed E-state index contributed by atoms with van der Waals surface area (Å²) in [5.41, 5.74) is -0.635. The van der Waals surface area contributed by atoms with Crippen LogP contribution in [0.15, 0.2) is 0 Å². The zero-order chi connectivity index (χ0) is 12.8. The Morgan fingerprint density at radius 1 is 1.22 bits per heavy atom. The van der Waals surface area contributed by atoms with Gasteiger partial charge < -0.3 is 10.4 Å². The van der Waals surface area contributed by atoms with Crippen LogP contribution < -0.4 is 5.32 Å². The number of aliphatic hydroxyl groups is 1. The summed E-state index contributed by atoms with van der Waals surface area (Å²) in [7, 11) is 0. The van der Waals surface area contributed by atoms with Gasteiger partial charge in [0.15, 0.2) is 0 Å². The molecule has 18 heavy (non-hydrogen) atoms. The monoisotopic (exact) mass is 251 g/mol. The molecule has 0 heterocycles. The summed E-state index contributed by atoms with van der Waals surface area (Å²) in [4.78, 5) is 12.0. The fraction of sp³-hybridized carbons (Fsp3) is 0.933. The van der Waals surface area contributed by atoms with Crippen molar-refractivity contribution in [3.8, 4) is 0 Å². The number of carbonyl (C=O) groups excluding carboxylic acids is 1. The summed E-state index contributed by atoms with van der Waals surface area (Å²) in [5, 5.41) is 13.4. The van der Waals surface area contributed by atoms with Crippen LogP contribution in [-0.4, -0.2) is 23.2 Å². The standard InChI is InChI=1S/C15H25NO2/c1-10-2-4-15(18,5-3-10)9-16-14(17)13-7-11-6-12(11)8-13/h10-13,18H,2-9H2,1H3,(H,16,17). The smallest absolute Gasteiger partial charge is 0.223 e. The highest BCUT2D eigenvalue weighted by Crippen LogP contribution is 2.54. The SMILES string of the molecule is CC1CCC(O)(CNC(=O)C2CC3CC3C2)CC1. The second-order valence-electron chi connectivity index (χ2n) is 7.05. The number of hydrogen-bond donors (Lipinski definition) is 2. The Morgan fingerprint density at radius 3 is 2.44 bits per heavy atom. The van der Waals surface area contributed by atoms with Gasteiger partial charge in [-0.25, -0.2) is 0 Å². The van der Waals surface area contributed by atoms with Crippen LogP contribution in [-0.2, 0) is 4.79 Å². The van der Waals surface area contributed by atoms with E-state index in [2.05, 4.69) is 12.2 Å². The van der Waals surface area contributed by atoms with E-state index in [-0.39, 0.29) is 11.8 Å². The van der Waals surface area contributed by atoms with Crippen molar-refractivity contribution in [1.29, 1.82) is 0 Å². The molecule has 3 fully saturated rings. The van der Waals surface area contributed by atoms with Crippen LogP contribution in [0.3, 0.4) is 0 Å². The Morgan fingerprint density at radius 2 is 1.83 bits per heavy atom. The van der Waals surface area contributed by atoms with Gasteiger partial charge in [0.05, 0.1) is 5.60 Å². The summed E-state index contributed by atoms with van der Waals surface area (Å²) >= 11 is 0. The number of amides is 1. The van der Waals surface area contributed by atoms with E-state index in [0.29, 0.717) is 6.54 Å². The predicted octanol–water partition coefficient (Wildman–Crippen LogP) is 2.09. The van der Waals surface area contributed by atoms with E-state index in [1.54, 1.807) is 0 Å². The highest BCUT2D eigenvalue weighted by atomic mass is 16.3. The molecule has 0 aromatic carbocycles. The fourth-order valence-corrected chi connectivity index (χ4v) is 3.80. The van der Waals surface area contributed by atoms with E-state index < -0.39 is 5.60 Å². The topological polar surface area (TPSA) is 49.3 Å². The molecule has 1 amide bonds. The minimum Gasteiger partial charge on any atom is -0.388 e. The molecule has 0 aromatic heterocycles. The second kappa shape index (κ2) is 4.52. The van der Waals surface area contributed by atoms with Crippen LogP contribution in [0.1, 0.15) is 51.9 Å². The van der Waals surface area contributed by atoms with E-state index in [0.717, 1.165) is 56.3 Å². The molecule has 3 aliphatic rings. The number of rotatable bonds is 3. The number of fused-ring (bicyclic) bond motifs is 1. The zero-order valence-corrected chi connectivity index (χ0v) is 11.3. The van der Waals surface area contributed by atoms with Crippen molar-refractivity contribution in [2.45, 2.75) is 57.5 Å². The summed E-state index contributed by atoms with van der Waals surface area (Å²) in [5.74, 6) is 2.84. The molecule has 0 spiro atoms. The molecule has 3 aliphatic carbocycles. The quantitative estimate of drug-likeness (QED) is 0.807. The summed E-state index contributed by atoms with van der Waals surface area (Å²) in [6.07, 6.45) is 7.37. The van der Waals surface area contributed by atoms with Gasteiger partial charge in [0.25, 0.3) is 0 Å². The first-order chi connectivity index (χ1) is 8.56. The van der Waals surface area contributed by atoms with Crippen molar-refractivity contribution in [2.24, 2.45) is 23.7 Å². The van der Waals surface area contributed by atoms with Gasteiger partial charge in [-0.15, -0.1) is 0 Å². The molecule has 0 radical (unpaired) electrons. The molecular weight excluding hydrogens is 226 g/mol. The van der Waals surface area contributed by atoms with Crippen LogP contribution >= 0.6 is 0 Å². The van der Waals surface area contributed by atoms with E-state index in [1.807, 2.05) is 0 Å². The van der Waals surface area contributed by atoms with Crippen LogP contribution in [0.5, 0.6) is 0 Å². The first kappa shape index (κ1) is 12.5. The maximum atomic E-state index is 12.0. The molecule has 0 aromatic rings. The zero-order valence-electron chi connectivity index (χ0n) is 11.3. The average molecular weight is 251 g/mol. The first-order valence-electron chi connectivity index (χ1n) is 7.56. The molecule has 2 N–H and O–H groups in total. The molecule has 0 saturated heterocycles. The minimum absolute atomic E-state index is 0.189. The summed E-state index contributed by atoms with van der Waals surface area (Å²) in [6, 6.07) is 0. The van der Waals surface area contributed by atoms with Crippen molar-refractivity contribution in [3.63, 3.8) is 0 Å². The van der Waals surface area contributed by atoms with Crippen molar-refractivity contribution in [1.82, 2.24) is 5.32 Å². The van der Waals surface area contributed by atoms with Gasteiger partial charge >= 0.3 is 0 Å². The Labute approximate surface area is 109 Å². The molecule has 2 atom stereocenters. The lowest BCUT2D eigenvalue weighted by Gasteiger charge is -2.35. The van der Waals surface area contributed by atoms with Crippen molar-refractivity contribution < 1.29 is 9.90 Å². The van der Waals surface area contributed by atoms with Gasteiger partial charge in [-0.2, -0.15) is 0 Å². The predicted molar refractivity (Wildman–Crippen MR) is 69.9 cm³/mol. The van der Waals surface area contributed by atoms with Crippen molar-refractivity contribution in [3.05, 3.63) is 0 Å². The molecule has 3 saturated carbocycles. The first-order valence-corrected chi connectivity index (χ1v) is 7.56. The third-order valence-electron chi connectivity index (χ3n) is 5.41. The Hall–Kier alpha value is -0.570. The Kier molecular flexibility index (Phi) is 3.13. The average Bonchev–Trinajstić information content (AvgIpc) is 2.97. The minimum atomic E-state index is -0.635. The van der Waals surface area contributed by atoms with Gasteiger partial charge in [0.2, 0.25) is 5.91 Å². The largest absolute Gasteiger partial charge is 0.388 e. The van der Waals surface area contributed by atoms with Gasteiger partial charge in [0.1, 0.15) is 0 Å². The molecule has 0 bridgehead atoms. The van der Waals surface area contributed by atoms with E-state index in [9.17, 15) is 9.90 Å². The van der Waals surface area contributed by atoms with Crippen LogP contribution in [0.25, 0.3) is 0 Å². The number of hydrogen-bond acceptors (Lipinski definition) is 2. The maximum absolute atomic E-state index is 12.0. The number of nitrogens with one attached hydrogen (secondary N) is 1. The van der Waals surface area contributed by atoms with E-state index >= 15 is 0 Å². The fourth-order valence-electron chi connectivity index (χ4n) is 3.80.